The number of nitrogens with one attached hydrogen (secondary N) is 2. The number of amides is 2. The maximum atomic E-state index is 12.8. The number of hydrogen-bond donors (Lipinski definition) is 3. The van der Waals surface area contributed by atoms with Crippen molar-refractivity contribution in [1.82, 2.24) is 10.9 Å². The normalized spacial score (nSPS) is 10.2. The molecule has 0 aromatic heterocycles. The van der Waals surface area contributed by atoms with Gasteiger partial charge in [0, 0.05) is 6.54 Å². The number of urea groups is 1. The molecule has 0 heterocycles. The van der Waals surface area contributed by atoms with Crippen molar-refractivity contribution in [2.45, 2.75) is 6.54 Å². The van der Waals surface area contributed by atoms with Crippen LogP contribution in [0.2, 0.25) is 5.02 Å². The zero-order valence-corrected chi connectivity index (χ0v) is 11.7. The summed E-state index contributed by atoms with van der Waals surface area (Å²) in [6.45, 7) is 0.361. The third kappa shape index (κ3) is 4.62. The molecular weight excluding hydrogens is 297 g/mol. The molecule has 7 heteroatoms. The molecule has 4 N–H and O–H groups in total. The lowest BCUT2D eigenvalue weighted by atomic mass is 10.2. The van der Waals surface area contributed by atoms with Gasteiger partial charge in [0.05, 0.1) is 5.02 Å². The van der Waals surface area contributed by atoms with Crippen molar-refractivity contribution in [2.24, 2.45) is 5.73 Å². The summed E-state index contributed by atoms with van der Waals surface area (Å²) in [4.78, 5) is 10.5. The molecule has 2 rings (SSSR count). The van der Waals surface area contributed by atoms with Gasteiger partial charge < -0.3 is 10.5 Å². The number of halogens is 2. The van der Waals surface area contributed by atoms with Gasteiger partial charge in [0.25, 0.3) is 0 Å². The summed E-state index contributed by atoms with van der Waals surface area (Å²) in [7, 11) is 0. The molecule has 0 aliphatic carbocycles. The molecule has 0 aliphatic rings. The Hall–Kier alpha value is -2.31. The molecule has 110 valence electrons. The van der Waals surface area contributed by atoms with Crippen LogP contribution in [0.1, 0.15) is 5.56 Å². The first-order valence-electron chi connectivity index (χ1n) is 6.05. The van der Waals surface area contributed by atoms with E-state index in [-0.39, 0.29) is 5.82 Å². The van der Waals surface area contributed by atoms with Crippen LogP contribution in [0, 0.1) is 5.82 Å². The Morgan fingerprint density at radius 3 is 2.57 bits per heavy atom. The predicted molar refractivity (Wildman–Crippen MR) is 77.5 cm³/mol. The molecule has 0 spiro atoms. The maximum Gasteiger partial charge on any atom is 0.326 e. The average molecular weight is 310 g/mol. The first-order valence-corrected chi connectivity index (χ1v) is 6.42. The van der Waals surface area contributed by atoms with E-state index < -0.39 is 6.03 Å². The molecule has 0 unspecified atom stereocenters. The topological polar surface area (TPSA) is 76.4 Å². The molecule has 2 aromatic rings. The second-order valence-corrected chi connectivity index (χ2v) is 4.57. The zero-order chi connectivity index (χ0) is 15.2. The largest absolute Gasteiger partial charge is 0.456 e. The van der Waals surface area contributed by atoms with Crippen LogP contribution < -0.4 is 21.3 Å². The van der Waals surface area contributed by atoms with E-state index in [0.29, 0.717) is 23.1 Å². The minimum absolute atomic E-state index is 0.336. The fourth-order valence-corrected chi connectivity index (χ4v) is 1.84. The van der Waals surface area contributed by atoms with Gasteiger partial charge in [-0.15, -0.1) is 0 Å². The van der Waals surface area contributed by atoms with Crippen molar-refractivity contribution < 1.29 is 13.9 Å². The first kappa shape index (κ1) is 15.1. The lowest BCUT2D eigenvalue weighted by Gasteiger charge is -2.10. The van der Waals surface area contributed by atoms with Gasteiger partial charge in [-0.1, -0.05) is 17.7 Å². The van der Waals surface area contributed by atoms with Crippen LogP contribution in [0.5, 0.6) is 11.5 Å². The highest BCUT2D eigenvalue weighted by atomic mass is 35.5. The zero-order valence-electron chi connectivity index (χ0n) is 10.9. The van der Waals surface area contributed by atoms with Gasteiger partial charge in [-0.05, 0) is 42.0 Å². The van der Waals surface area contributed by atoms with E-state index in [1.807, 2.05) is 0 Å². The number of carbonyl (C=O) groups excluding carboxylic acids is 1. The molecule has 0 saturated carbocycles. The lowest BCUT2D eigenvalue weighted by molar-refractivity contribution is 0.244. The molecule has 21 heavy (non-hydrogen) atoms. The fourth-order valence-electron chi connectivity index (χ4n) is 1.60. The molecule has 0 aliphatic heterocycles. The smallest absolute Gasteiger partial charge is 0.326 e. The van der Waals surface area contributed by atoms with E-state index in [1.54, 1.807) is 18.2 Å². The Balaban J connectivity index is 2.01. The Morgan fingerprint density at radius 1 is 1.24 bits per heavy atom. The van der Waals surface area contributed by atoms with E-state index in [2.05, 4.69) is 10.9 Å². The summed E-state index contributed by atoms with van der Waals surface area (Å²) in [5.74, 6) is 0.603. The minimum atomic E-state index is -0.669. The Bertz CT molecular complexity index is 635. The number of benzene rings is 2. The van der Waals surface area contributed by atoms with E-state index in [9.17, 15) is 9.18 Å². The number of hydrogen-bond acceptors (Lipinski definition) is 3. The number of hydrazine groups is 1. The molecule has 0 atom stereocenters. The number of carbonyl (C=O) groups is 1. The van der Waals surface area contributed by atoms with Crippen molar-refractivity contribution in [3.05, 3.63) is 58.9 Å². The summed E-state index contributed by atoms with van der Waals surface area (Å²) >= 11 is 6.11. The summed E-state index contributed by atoms with van der Waals surface area (Å²) in [5.41, 5.74) is 10.6. The summed E-state index contributed by atoms with van der Waals surface area (Å²) in [5, 5.41) is 0.401. The summed E-state index contributed by atoms with van der Waals surface area (Å²) in [6.07, 6.45) is 0. The number of nitrogens with two attached hydrogens (primary N) is 1. The lowest BCUT2D eigenvalue weighted by Crippen LogP contribution is -2.40. The van der Waals surface area contributed by atoms with Crippen LogP contribution >= 0.6 is 11.6 Å². The summed E-state index contributed by atoms with van der Waals surface area (Å²) in [6, 6.07) is 10.1. The van der Waals surface area contributed by atoms with Gasteiger partial charge in [-0.3, -0.25) is 5.43 Å². The van der Waals surface area contributed by atoms with Crippen molar-refractivity contribution >= 4 is 17.6 Å². The molecule has 2 aromatic carbocycles. The monoisotopic (exact) mass is 309 g/mol. The highest BCUT2D eigenvalue weighted by Crippen LogP contribution is 2.30. The minimum Gasteiger partial charge on any atom is -0.456 e. The van der Waals surface area contributed by atoms with Crippen molar-refractivity contribution in [3.63, 3.8) is 0 Å². The number of primary amides is 1. The van der Waals surface area contributed by atoms with Gasteiger partial charge in [0.2, 0.25) is 0 Å². The van der Waals surface area contributed by atoms with Crippen LogP contribution in [0.4, 0.5) is 9.18 Å². The maximum absolute atomic E-state index is 12.8. The average Bonchev–Trinajstić information content (AvgIpc) is 2.44. The van der Waals surface area contributed by atoms with E-state index in [0.717, 1.165) is 5.56 Å². The molecular formula is C14H13ClFN3O2. The van der Waals surface area contributed by atoms with Crippen LogP contribution in [-0.2, 0) is 6.54 Å². The van der Waals surface area contributed by atoms with Crippen molar-refractivity contribution in [3.8, 4) is 11.5 Å². The van der Waals surface area contributed by atoms with Crippen LogP contribution in [0.3, 0.4) is 0 Å². The molecule has 0 fully saturated rings. The quantitative estimate of drug-likeness (QED) is 0.743. The second-order valence-electron chi connectivity index (χ2n) is 4.16. The molecule has 5 nitrogen and oxygen atoms in total. The second kappa shape index (κ2) is 6.92. The van der Waals surface area contributed by atoms with Gasteiger partial charge in [0.1, 0.15) is 17.3 Å². The predicted octanol–water partition coefficient (Wildman–Crippen LogP) is 2.94. The van der Waals surface area contributed by atoms with E-state index in [4.69, 9.17) is 22.1 Å². The number of rotatable bonds is 5. The van der Waals surface area contributed by atoms with E-state index >= 15 is 0 Å². The molecule has 2 amide bonds. The van der Waals surface area contributed by atoms with Crippen LogP contribution in [-0.4, -0.2) is 6.03 Å². The Morgan fingerprint density at radius 2 is 1.95 bits per heavy atom. The van der Waals surface area contributed by atoms with Crippen molar-refractivity contribution in [2.75, 3.05) is 0 Å². The third-order valence-corrected chi connectivity index (χ3v) is 2.84. The fraction of sp³-hybridized carbons (Fsp3) is 0.0714. The van der Waals surface area contributed by atoms with Gasteiger partial charge in [-0.2, -0.15) is 0 Å². The highest BCUT2D eigenvalue weighted by Gasteiger charge is 2.05. The first-order chi connectivity index (χ1) is 10.0. The third-order valence-electron chi connectivity index (χ3n) is 2.54. The van der Waals surface area contributed by atoms with Crippen LogP contribution in [0.25, 0.3) is 0 Å². The van der Waals surface area contributed by atoms with Gasteiger partial charge >= 0.3 is 6.03 Å². The standard InChI is InChI=1S/C14H13ClFN3O2/c15-12-7-9(8-18-19-14(17)20)1-6-13(12)21-11-4-2-10(16)3-5-11/h1-7,18H,8H2,(H3,17,19,20). The molecule has 0 saturated heterocycles. The molecule has 0 radical (unpaired) electrons. The van der Waals surface area contributed by atoms with Crippen LogP contribution in [0.15, 0.2) is 42.5 Å². The highest BCUT2D eigenvalue weighted by molar-refractivity contribution is 6.32. The van der Waals surface area contributed by atoms with Gasteiger partial charge in [0.15, 0.2) is 0 Å². The SMILES string of the molecule is NC(=O)NNCc1ccc(Oc2ccc(F)cc2)c(Cl)c1. The molecule has 0 bridgehead atoms. The van der Waals surface area contributed by atoms with Gasteiger partial charge in [-0.25, -0.2) is 14.6 Å². The van der Waals surface area contributed by atoms with E-state index in [1.165, 1.54) is 24.3 Å². The Labute approximate surface area is 125 Å². The van der Waals surface area contributed by atoms with Crippen molar-refractivity contribution in [1.29, 1.82) is 0 Å². The summed E-state index contributed by atoms with van der Waals surface area (Å²) < 4.78 is 18.4. The number of ether oxygens (including phenoxy) is 1. The Kier molecular flexibility index (Phi) is 4.97.